The number of carbonyl (C=O) groups is 1. The van der Waals surface area contributed by atoms with Gasteiger partial charge in [0.25, 0.3) is 0 Å². The van der Waals surface area contributed by atoms with Crippen LogP contribution in [0.4, 0.5) is 10.6 Å². The second kappa shape index (κ2) is 6.25. The monoisotopic (exact) mass is 352 g/mol. The quantitative estimate of drug-likeness (QED) is 0.735. The summed E-state index contributed by atoms with van der Waals surface area (Å²) in [5.74, 6) is 1.39. The molecule has 1 aliphatic rings. The van der Waals surface area contributed by atoms with Crippen molar-refractivity contribution in [1.29, 1.82) is 0 Å². The Morgan fingerprint density at radius 1 is 1.15 bits per heavy atom. The Morgan fingerprint density at radius 3 is 2.58 bits per heavy atom. The number of carbonyl (C=O) groups excluding carboxylic acids is 1. The van der Waals surface area contributed by atoms with Gasteiger partial charge in [-0.15, -0.1) is 0 Å². The number of anilines is 1. The molecule has 4 rings (SSSR count). The van der Waals surface area contributed by atoms with E-state index >= 15 is 0 Å². The number of primary amides is 1. The van der Waals surface area contributed by atoms with Crippen molar-refractivity contribution in [1.82, 2.24) is 29.6 Å². The summed E-state index contributed by atoms with van der Waals surface area (Å²) in [5, 5.41) is 5.44. The maximum Gasteiger partial charge on any atom is 0.314 e. The lowest BCUT2D eigenvalue weighted by atomic mass is 10.2. The first-order chi connectivity index (χ1) is 12.5. The van der Waals surface area contributed by atoms with E-state index in [0.29, 0.717) is 37.7 Å². The minimum absolute atomic E-state index is 0.385. The summed E-state index contributed by atoms with van der Waals surface area (Å²) in [7, 11) is 1.87. The van der Waals surface area contributed by atoms with Crippen LogP contribution in [0.25, 0.3) is 22.6 Å². The van der Waals surface area contributed by atoms with E-state index in [1.54, 1.807) is 15.8 Å². The smallest absolute Gasteiger partial charge is 0.314 e. The first-order valence-corrected chi connectivity index (χ1v) is 8.46. The Hall–Kier alpha value is -3.23. The highest BCUT2D eigenvalue weighted by Crippen LogP contribution is 2.29. The van der Waals surface area contributed by atoms with Gasteiger partial charge in [-0.25, -0.2) is 14.8 Å². The molecule has 0 radical (unpaired) electrons. The molecule has 2 amide bonds. The van der Waals surface area contributed by atoms with Crippen LogP contribution in [0.1, 0.15) is 5.69 Å². The van der Waals surface area contributed by atoms with Crippen LogP contribution in [0.15, 0.2) is 24.4 Å². The Balaban J connectivity index is 1.81. The summed E-state index contributed by atoms with van der Waals surface area (Å²) in [6.07, 6.45) is 1.72. The zero-order valence-corrected chi connectivity index (χ0v) is 14.8. The predicted octanol–water partition coefficient (Wildman–Crippen LogP) is 0.934. The Morgan fingerprint density at radius 2 is 1.92 bits per heavy atom. The van der Waals surface area contributed by atoms with Crippen LogP contribution in [-0.4, -0.2) is 61.8 Å². The van der Waals surface area contributed by atoms with Crippen molar-refractivity contribution < 1.29 is 4.79 Å². The van der Waals surface area contributed by atoms with Gasteiger partial charge in [-0.3, -0.25) is 9.67 Å². The van der Waals surface area contributed by atoms with E-state index in [-0.39, 0.29) is 6.03 Å². The molecule has 9 heteroatoms. The minimum Gasteiger partial charge on any atom is -0.352 e. The van der Waals surface area contributed by atoms with Crippen LogP contribution >= 0.6 is 0 Å². The van der Waals surface area contributed by atoms with Crippen molar-refractivity contribution >= 4 is 22.9 Å². The number of aromatic nitrogens is 5. The topological polar surface area (TPSA) is 106 Å². The predicted molar refractivity (Wildman–Crippen MR) is 97.6 cm³/mol. The summed E-state index contributed by atoms with van der Waals surface area (Å²) < 4.78 is 1.77. The second-order valence-electron chi connectivity index (χ2n) is 6.31. The SMILES string of the molecule is Cc1nn(C)c2nc(-c3ccccn3)nc(N3CCN(C(N)=O)CC3)c12. The normalized spacial score (nSPS) is 14.8. The van der Waals surface area contributed by atoms with Gasteiger partial charge in [-0.2, -0.15) is 5.10 Å². The van der Waals surface area contributed by atoms with E-state index in [9.17, 15) is 4.79 Å². The second-order valence-corrected chi connectivity index (χ2v) is 6.31. The molecule has 1 fully saturated rings. The van der Waals surface area contributed by atoms with Crippen LogP contribution < -0.4 is 10.6 Å². The molecule has 3 aromatic heterocycles. The molecule has 0 aliphatic carbocycles. The van der Waals surface area contributed by atoms with Crippen molar-refractivity contribution in [3.63, 3.8) is 0 Å². The number of pyridine rings is 1. The summed E-state index contributed by atoms with van der Waals surface area (Å²) in [6, 6.07) is 5.28. The van der Waals surface area contributed by atoms with Gasteiger partial charge in [-0.1, -0.05) is 6.07 Å². The fourth-order valence-corrected chi connectivity index (χ4v) is 3.29. The highest BCUT2D eigenvalue weighted by Gasteiger charge is 2.25. The molecule has 0 saturated carbocycles. The van der Waals surface area contributed by atoms with Gasteiger partial charge in [0, 0.05) is 39.4 Å². The van der Waals surface area contributed by atoms with E-state index < -0.39 is 0 Å². The van der Waals surface area contributed by atoms with Crippen LogP contribution in [0, 0.1) is 6.92 Å². The van der Waals surface area contributed by atoms with Gasteiger partial charge in [0.15, 0.2) is 11.5 Å². The first-order valence-electron chi connectivity index (χ1n) is 8.46. The number of rotatable bonds is 2. The molecule has 1 saturated heterocycles. The molecule has 0 atom stereocenters. The van der Waals surface area contributed by atoms with Crippen molar-refractivity contribution in [3.8, 4) is 11.5 Å². The number of urea groups is 1. The number of nitrogens with two attached hydrogens (primary N) is 1. The molecule has 9 nitrogen and oxygen atoms in total. The average molecular weight is 352 g/mol. The molecular weight excluding hydrogens is 332 g/mol. The van der Waals surface area contributed by atoms with E-state index in [4.69, 9.17) is 10.7 Å². The fourth-order valence-electron chi connectivity index (χ4n) is 3.29. The highest BCUT2D eigenvalue weighted by atomic mass is 16.2. The molecule has 4 heterocycles. The van der Waals surface area contributed by atoms with Crippen molar-refractivity contribution in [3.05, 3.63) is 30.1 Å². The maximum atomic E-state index is 11.4. The summed E-state index contributed by atoms with van der Waals surface area (Å²) in [5.41, 5.74) is 7.75. The van der Waals surface area contributed by atoms with Crippen molar-refractivity contribution in [2.45, 2.75) is 6.92 Å². The number of piperazine rings is 1. The third-order valence-electron chi connectivity index (χ3n) is 4.62. The Bertz CT molecular complexity index is 960. The molecular formula is C17H20N8O. The van der Waals surface area contributed by atoms with Gasteiger partial charge < -0.3 is 15.5 Å². The molecule has 0 unspecified atom stereocenters. The van der Waals surface area contributed by atoms with Crippen LogP contribution in [0.5, 0.6) is 0 Å². The number of hydrogen-bond acceptors (Lipinski definition) is 6. The molecule has 0 spiro atoms. The Kier molecular flexibility index (Phi) is 3.90. The molecule has 0 aromatic carbocycles. The van der Waals surface area contributed by atoms with Crippen LogP contribution in [0.2, 0.25) is 0 Å². The minimum atomic E-state index is -0.385. The van der Waals surface area contributed by atoms with E-state index in [1.807, 2.05) is 32.2 Å². The number of nitrogens with zero attached hydrogens (tertiary/aromatic N) is 7. The maximum absolute atomic E-state index is 11.4. The molecule has 134 valence electrons. The van der Waals surface area contributed by atoms with Gasteiger partial charge in [0.05, 0.1) is 11.1 Å². The van der Waals surface area contributed by atoms with E-state index in [2.05, 4.69) is 20.0 Å². The summed E-state index contributed by atoms with van der Waals surface area (Å²) >= 11 is 0. The van der Waals surface area contributed by atoms with Gasteiger partial charge >= 0.3 is 6.03 Å². The third-order valence-corrected chi connectivity index (χ3v) is 4.62. The number of hydrogen-bond donors (Lipinski definition) is 1. The molecule has 3 aromatic rings. The van der Waals surface area contributed by atoms with Crippen molar-refractivity contribution in [2.24, 2.45) is 12.8 Å². The van der Waals surface area contributed by atoms with Crippen LogP contribution in [-0.2, 0) is 7.05 Å². The lowest BCUT2D eigenvalue weighted by Crippen LogP contribution is -2.50. The zero-order valence-electron chi connectivity index (χ0n) is 14.8. The van der Waals surface area contributed by atoms with Crippen LogP contribution in [0.3, 0.4) is 0 Å². The van der Waals surface area contributed by atoms with Crippen molar-refractivity contribution in [2.75, 3.05) is 31.1 Å². The standard InChI is InChI=1S/C17H20N8O/c1-11-13-15(23(2)22-11)20-14(12-5-3-4-6-19-12)21-16(13)24-7-9-25(10-8-24)17(18)26/h3-6H,7-10H2,1-2H3,(H2,18,26). The largest absolute Gasteiger partial charge is 0.352 e. The molecule has 2 N–H and O–H groups in total. The lowest BCUT2D eigenvalue weighted by Gasteiger charge is -2.34. The van der Waals surface area contributed by atoms with Gasteiger partial charge in [-0.05, 0) is 19.1 Å². The molecule has 1 aliphatic heterocycles. The molecule has 0 bridgehead atoms. The summed E-state index contributed by atoms with van der Waals surface area (Å²) in [6.45, 7) is 4.41. The first kappa shape index (κ1) is 16.2. The lowest BCUT2D eigenvalue weighted by molar-refractivity contribution is 0.204. The van der Waals surface area contributed by atoms with Gasteiger partial charge in [0.2, 0.25) is 0 Å². The van der Waals surface area contributed by atoms with E-state index in [1.165, 1.54) is 0 Å². The zero-order chi connectivity index (χ0) is 18.3. The molecule has 26 heavy (non-hydrogen) atoms. The number of aryl methyl sites for hydroxylation is 2. The van der Waals surface area contributed by atoms with Gasteiger partial charge in [0.1, 0.15) is 11.5 Å². The number of fused-ring (bicyclic) bond motifs is 1. The third kappa shape index (κ3) is 2.71. The summed E-state index contributed by atoms with van der Waals surface area (Å²) in [4.78, 5) is 29.0. The fraction of sp³-hybridized carbons (Fsp3) is 0.353. The average Bonchev–Trinajstić information content (AvgIpc) is 2.96. The van der Waals surface area contributed by atoms with E-state index in [0.717, 1.165) is 22.5 Å². The Labute approximate surface area is 150 Å². The highest BCUT2D eigenvalue weighted by molar-refractivity contribution is 5.91. The number of amides is 2.